The number of aromatic carboxylic acids is 1. The first-order valence-electron chi connectivity index (χ1n) is 5.84. The van der Waals surface area contributed by atoms with Crippen LogP contribution in [0, 0.1) is 12.3 Å². The summed E-state index contributed by atoms with van der Waals surface area (Å²) in [4.78, 5) is 22.8. The topological polar surface area (TPSA) is 92.4 Å². The molecule has 0 heterocycles. The van der Waals surface area contributed by atoms with Gasteiger partial charge in [-0.1, -0.05) is 0 Å². The minimum Gasteiger partial charge on any atom is -0.478 e. The van der Waals surface area contributed by atoms with Gasteiger partial charge in [-0.05, 0) is 43.5 Å². The molecule has 0 unspecified atom stereocenters. The molecule has 0 bridgehead atoms. The molecule has 5 nitrogen and oxygen atoms in total. The Labute approximate surface area is 105 Å². The van der Waals surface area contributed by atoms with E-state index < -0.39 is 11.4 Å². The summed E-state index contributed by atoms with van der Waals surface area (Å²) in [5, 5.41) is 11.7. The van der Waals surface area contributed by atoms with Crippen LogP contribution in [0.1, 0.15) is 28.8 Å². The lowest BCUT2D eigenvalue weighted by atomic mass is 10.1. The molecule has 0 atom stereocenters. The van der Waals surface area contributed by atoms with Crippen molar-refractivity contribution in [2.24, 2.45) is 11.1 Å². The molecule has 0 spiro atoms. The van der Waals surface area contributed by atoms with Crippen LogP contribution in [0.25, 0.3) is 0 Å². The van der Waals surface area contributed by atoms with Crippen molar-refractivity contribution in [1.29, 1.82) is 0 Å². The van der Waals surface area contributed by atoms with Crippen molar-refractivity contribution < 1.29 is 14.7 Å². The van der Waals surface area contributed by atoms with Crippen molar-refractivity contribution in [1.82, 2.24) is 0 Å². The summed E-state index contributed by atoms with van der Waals surface area (Å²) in [5.41, 5.74) is 6.65. The fourth-order valence-corrected chi connectivity index (χ4v) is 1.92. The van der Waals surface area contributed by atoms with E-state index in [4.69, 9.17) is 10.8 Å². The van der Waals surface area contributed by atoms with Gasteiger partial charge in [-0.25, -0.2) is 4.79 Å². The van der Waals surface area contributed by atoms with E-state index in [1.807, 2.05) is 0 Å². The lowest BCUT2D eigenvalue weighted by Crippen LogP contribution is -2.30. The molecule has 1 fully saturated rings. The number of nitrogens with one attached hydrogen (secondary N) is 1. The second-order valence-electron chi connectivity index (χ2n) is 4.77. The molecule has 1 amide bonds. The standard InChI is InChI=1S/C13H16N2O3/c1-8-6-9(2-3-10(8)11(16)17)15-12(18)13(7-14)4-5-13/h2-3,6H,4-5,7,14H2,1H3,(H,15,18)(H,16,17). The predicted octanol–water partition coefficient (Wildman–Crippen LogP) is 1.37. The van der Waals surface area contributed by atoms with E-state index in [0.717, 1.165) is 12.8 Å². The van der Waals surface area contributed by atoms with Gasteiger partial charge in [0.15, 0.2) is 0 Å². The van der Waals surface area contributed by atoms with Gasteiger partial charge in [-0.2, -0.15) is 0 Å². The first-order chi connectivity index (χ1) is 8.48. The Morgan fingerprint density at radius 2 is 2.11 bits per heavy atom. The first-order valence-corrected chi connectivity index (χ1v) is 5.84. The smallest absolute Gasteiger partial charge is 0.335 e. The molecule has 96 valence electrons. The highest BCUT2D eigenvalue weighted by atomic mass is 16.4. The summed E-state index contributed by atoms with van der Waals surface area (Å²) < 4.78 is 0. The normalized spacial score (nSPS) is 16.1. The van der Waals surface area contributed by atoms with E-state index in [0.29, 0.717) is 17.8 Å². The third-order valence-corrected chi connectivity index (χ3v) is 3.44. The maximum Gasteiger partial charge on any atom is 0.335 e. The van der Waals surface area contributed by atoms with E-state index in [-0.39, 0.29) is 11.5 Å². The minimum atomic E-state index is -0.967. The molecule has 0 aliphatic heterocycles. The molecule has 1 aromatic rings. The van der Waals surface area contributed by atoms with Gasteiger partial charge in [0.2, 0.25) is 5.91 Å². The Bertz CT molecular complexity index is 507. The van der Waals surface area contributed by atoms with Crippen molar-refractivity contribution >= 4 is 17.6 Å². The highest BCUT2D eigenvalue weighted by Gasteiger charge is 2.48. The Hall–Kier alpha value is -1.88. The summed E-state index contributed by atoms with van der Waals surface area (Å²) >= 11 is 0. The van der Waals surface area contributed by atoms with Crippen molar-refractivity contribution in [2.45, 2.75) is 19.8 Å². The molecular weight excluding hydrogens is 232 g/mol. The van der Waals surface area contributed by atoms with Crippen LogP contribution in [0.5, 0.6) is 0 Å². The van der Waals surface area contributed by atoms with Crippen LogP contribution in [-0.4, -0.2) is 23.5 Å². The van der Waals surface area contributed by atoms with E-state index in [2.05, 4.69) is 5.32 Å². The highest BCUT2D eigenvalue weighted by molar-refractivity contribution is 5.98. The Morgan fingerprint density at radius 3 is 2.56 bits per heavy atom. The largest absolute Gasteiger partial charge is 0.478 e. The average molecular weight is 248 g/mol. The van der Waals surface area contributed by atoms with Gasteiger partial charge < -0.3 is 16.2 Å². The van der Waals surface area contributed by atoms with E-state index in [9.17, 15) is 9.59 Å². The number of carbonyl (C=O) groups is 2. The first kappa shape index (κ1) is 12.6. The summed E-state index contributed by atoms with van der Waals surface area (Å²) in [5.74, 6) is -1.04. The Kier molecular flexibility index (Phi) is 3.09. The van der Waals surface area contributed by atoms with Gasteiger partial charge in [-0.15, -0.1) is 0 Å². The lowest BCUT2D eigenvalue weighted by Gasteiger charge is -2.13. The molecular formula is C13H16N2O3. The third kappa shape index (κ3) is 2.22. The van der Waals surface area contributed by atoms with Gasteiger partial charge in [0, 0.05) is 12.2 Å². The maximum absolute atomic E-state index is 12.0. The molecule has 1 aliphatic carbocycles. The van der Waals surface area contributed by atoms with Gasteiger partial charge in [-0.3, -0.25) is 4.79 Å². The summed E-state index contributed by atoms with van der Waals surface area (Å²) in [6.07, 6.45) is 1.64. The number of rotatable bonds is 4. The number of carboxylic acids is 1. The summed E-state index contributed by atoms with van der Waals surface area (Å²) in [7, 11) is 0. The van der Waals surface area contributed by atoms with Gasteiger partial charge >= 0.3 is 5.97 Å². The molecule has 1 saturated carbocycles. The highest BCUT2D eigenvalue weighted by Crippen LogP contribution is 2.45. The predicted molar refractivity (Wildman–Crippen MR) is 67.5 cm³/mol. The quantitative estimate of drug-likeness (QED) is 0.750. The van der Waals surface area contributed by atoms with Crippen LogP contribution in [0.4, 0.5) is 5.69 Å². The van der Waals surface area contributed by atoms with Crippen LogP contribution in [-0.2, 0) is 4.79 Å². The van der Waals surface area contributed by atoms with E-state index in [1.165, 1.54) is 6.07 Å². The summed E-state index contributed by atoms with van der Waals surface area (Å²) in [6, 6.07) is 4.75. The van der Waals surface area contributed by atoms with Crippen LogP contribution < -0.4 is 11.1 Å². The molecule has 0 aromatic heterocycles. The zero-order chi connectivity index (χ0) is 13.3. The number of carbonyl (C=O) groups excluding carboxylic acids is 1. The van der Waals surface area contributed by atoms with Crippen LogP contribution in [0.2, 0.25) is 0 Å². The number of hydrogen-bond donors (Lipinski definition) is 3. The van der Waals surface area contributed by atoms with Gasteiger partial charge in [0.05, 0.1) is 11.0 Å². The van der Waals surface area contributed by atoms with Crippen molar-refractivity contribution in [3.05, 3.63) is 29.3 Å². The Morgan fingerprint density at radius 1 is 1.44 bits per heavy atom. The van der Waals surface area contributed by atoms with E-state index >= 15 is 0 Å². The molecule has 18 heavy (non-hydrogen) atoms. The average Bonchev–Trinajstić information content (AvgIpc) is 3.09. The molecule has 2 rings (SSSR count). The third-order valence-electron chi connectivity index (χ3n) is 3.44. The molecule has 0 radical (unpaired) electrons. The van der Waals surface area contributed by atoms with Gasteiger partial charge in [0.1, 0.15) is 0 Å². The van der Waals surface area contributed by atoms with Crippen molar-refractivity contribution in [3.63, 3.8) is 0 Å². The minimum absolute atomic E-state index is 0.0764. The number of carboxylic acid groups (broad SMARTS) is 1. The number of benzene rings is 1. The second kappa shape index (κ2) is 4.42. The van der Waals surface area contributed by atoms with Crippen molar-refractivity contribution in [2.75, 3.05) is 11.9 Å². The number of anilines is 1. The van der Waals surface area contributed by atoms with Crippen LogP contribution in [0.3, 0.4) is 0 Å². The zero-order valence-electron chi connectivity index (χ0n) is 10.2. The van der Waals surface area contributed by atoms with Gasteiger partial charge in [0.25, 0.3) is 0 Å². The maximum atomic E-state index is 12.0. The number of hydrogen-bond acceptors (Lipinski definition) is 3. The fourth-order valence-electron chi connectivity index (χ4n) is 1.92. The van der Waals surface area contributed by atoms with Crippen molar-refractivity contribution in [3.8, 4) is 0 Å². The van der Waals surface area contributed by atoms with Crippen LogP contribution >= 0.6 is 0 Å². The monoisotopic (exact) mass is 248 g/mol. The fraction of sp³-hybridized carbons (Fsp3) is 0.385. The SMILES string of the molecule is Cc1cc(NC(=O)C2(CN)CC2)ccc1C(=O)O. The second-order valence-corrected chi connectivity index (χ2v) is 4.77. The molecule has 1 aromatic carbocycles. The molecule has 4 N–H and O–H groups in total. The Balaban J connectivity index is 2.13. The molecule has 5 heteroatoms. The van der Waals surface area contributed by atoms with Crippen LogP contribution in [0.15, 0.2) is 18.2 Å². The summed E-state index contributed by atoms with van der Waals surface area (Å²) in [6.45, 7) is 2.06. The lowest BCUT2D eigenvalue weighted by molar-refractivity contribution is -0.120. The molecule has 1 aliphatic rings. The molecule has 0 saturated heterocycles. The number of amides is 1. The number of aryl methyl sites for hydroxylation is 1. The zero-order valence-corrected chi connectivity index (χ0v) is 10.2. The number of nitrogens with two attached hydrogens (primary N) is 1. The van der Waals surface area contributed by atoms with E-state index in [1.54, 1.807) is 19.1 Å².